The highest BCUT2D eigenvalue weighted by molar-refractivity contribution is 6.08. The van der Waals surface area contributed by atoms with Gasteiger partial charge in [0, 0.05) is 36.4 Å². The van der Waals surface area contributed by atoms with Gasteiger partial charge in [-0.3, -0.25) is 9.59 Å². The Labute approximate surface area is 207 Å². The molecule has 5 nitrogen and oxygen atoms in total. The van der Waals surface area contributed by atoms with Crippen LogP contribution in [-0.4, -0.2) is 32.1 Å². The molecule has 4 rings (SSSR count). The molecular weight excluding hydrogens is 469 g/mol. The van der Waals surface area contributed by atoms with Gasteiger partial charge in [0.05, 0.1) is 12.7 Å². The van der Waals surface area contributed by atoms with E-state index in [0.717, 1.165) is 43.8 Å². The molecule has 1 aliphatic rings. The van der Waals surface area contributed by atoms with Crippen molar-refractivity contribution in [3.8, 4) is 11.1 Å². The lowest BCUT2D eigenvalue weighted by molar-refractivity contribution is -0.142. The van der Waals surface area contributed by atoms with Gasteiger partial charge in [-0.05, 0) is 72.4 Å². The summed E-state index contributed by atoms with van der Waals surface area (Å²) in [6, 6.07) is 19.1. The zero-order valence-corrected chi connectivity index (χ0v) is 19.8. The first-order valence-electron chi connectivity index (χ1n) is 11.7. The van der Waals surface area contributed by atoms with Crippen LogP contribution < -0.4 is 10.2 Å². The van der Waals surface area contributed by atoms with Gasteiger partial charge >= 0.3 is 12.1 Å². The second kappa shape index (κ2) is 10.8. The third-order valence-corrected chi connectivity index (χ3v) is 6.48. The van der Waals surface area contributed by atoms with Crippen molar-refractivity contribution in [1.29, 1.82) is 0 Å². The maximum Gasteiger partial charge on any atom is 0.416 e. The number of nitrogens with one attached hydrogen (secondary N) is 1. The number of hydrogen-bond donors (Lipinski definition) is 1. The van der Waals surface area contributed by atoms with E-state index < -0.39 is 11.7 Å². The average molecular weight is 497 g/mol. The predicted molar refractivity (Wildman–Crippen MR) is 133 cm³/mol. The molecule has 3 aromatic carbocycles. The summed E-state index contributed by atoms with van der Waals surface area (Å²) in [5.41, 5.74) is 2.37. The smallest absolute Gasteiger partial charge is 0.416 e. The first-order valence-corrected chi connectivity index (χ1v) is 11.7. The van der Waals surface area contributed by atoms with E-state index in [1.807, 2.05) is 24.3 Å². The van der Waals surface area contributed by atoms with E-state index >= 15 is 0 Å². The van der Waals surface area contributed by atoms with Crippen molar-refractivity contribution in [2.24, 2.45) is 5.92 Å². The summed E-state index contributed by atoms with van der Waals surface area (Å²) in [6.45, 7) is 1.68. The number of piperidine rings is 1. The third kappa shape index (κ3) is 6.05. The molecule has 0 radical (unpaired) electrons. The average Bonchev–Trinajstić information content (AvgIpc) is 2.89. The molecule has 1 saturated heterocycles. The summed E-state index contributed by atoms with van der Waals surface area (Å²) >= 11 is 0. The fraction of sp³-hybridized carbons (Fsp3) is 0.286. The number of hydrogen-bond acceptors (Lipinski definition) is 4. The molecule has 188 valence electrons. The van der Waals surface area contributed by atoms with Gasteiger partial charge in [-0.15, -0.1) is 0 Å². The molecule has 36 heavy (non-hydrogen) atoms. The van der Waals surface area contributed by atoms with Crippen LogP contribution in [0.1, 0.15) is 35.2 Å². The molecule has 1 aliphatic heterocycles. The lowest BCUT2D eigenvalue weighted by atomic mass is 9.93. The maximum atomic E-state index is 13.0. The highest BCUT2D eigenvalue weighted by atomic mass is 19.4. The number of carbonyl (C=O) groups is 2. The Balaban J connectivity index is 1.41. The molecule has 1 N–H and O–H groups in total. The largest absolute Gasteiger partial charge is 0.469 e. The van der Waals surface area contributed by atoms with E-state index in [1.165, 1.54) is 19.2 Å². The van der Waals surface area contributed by atoms with Crippen molar-refractivity contribution >= 4 is 23.3 Å². The number of esters is 1. The van der Waals surface area contributed by atoms with Gasteiger partial charge < -0.3 is 15.0 Å². The normalized spacial score (nSPS) is 14.4. The van der Waals surface area contributed by atoms with Crippen LogP contribution in [0.2, 0.25) is 0 Å². The second-order valence-electron chi connectivity index (χ2n) is 8.83. The van der Waals surface area contributed by atoms with Crippen LogP contribution in [0, 0.1) is 5.92 Å². The number of ether oxygens (including phenoxy) is 1. The molecule has 0 saturated carbocycles. The Morgan fingerprint density at radius 1 is 0.944 bits per heavy atom. The van der Waals surface area contributed by atoms with Crippen molar-refractivity contribution < 1.29 is 27.5 Å². The molecule has 0 unspecified atom stereocenters. The van der Waals surface area contributed by atoms with Crippen LogP contribution in [0.5, 0.6) is 0 Å². The minimum atomic E-state index is -4.42. The van der Waals surface area contributed by atoms with Gasteiger partial charge in [-0.1, -0.05) is 30.3 Å². The predicted octanol–water partition coefficient (Wildman–Crippen LogP) is 6.40. The SMILES string of the molecule is COC(=O)CC1CCN(c2ccc(NC(=O)c3ccccc3-c3ccc(C(F)(F)F)cc3)cc2)CC1. The van der Waals surface area contributed by atoms with Crippen LogP contribution in [0.25, 0.3) is 11.1 Å². The minimum Gasteiger partial charge on any atom is -0.469 e. The Kier molecular flexibility index (Phi) is 7.62. The maximum absolute atomic E-state index is 13.0. The summed E-state index contributed by atoms with van der Waals surface area (Å²) in [7, 11) is 1.41. The molecule has 8 heteroatoms. The fourth-order valence-corrected chi connectivity index (χ4v) is 4.44. The summed E-state index contributed by atoms with van der Waals surface area (Å²) < 4.78 is 43.5. The van der Waals surface area contributed by atoms with Crippen LogP contribution in [0.3, 0.4) is 0 Å². The lowest BCUT2D eigenvalue weighted by Crippen LogP contribution is -2.34. The molecule has 1 heterocycles. The van der Waals surface area contributed by atoms with Crippen molar-refractivity contribution in [3.63, 3.8) is 0 Å². The molecule has 0 aliphatic carbocycles. The Morgan fingerprint density at radius 2 is 1.58 bits per heavy atom. The number of rotatable bonds is 6. The Hall–Kier alpha value is -3.81. The molecule has 1 fully saturated rings. The van der Waals surface area contributed by atoms with Gasteiger partial charge in [-0.25, -0.2) is 0 Å². The van der Waals surface area contributed by atoms with Gasteiger partial charge in [-0.2, -0.15) is 13.2 Å². The topological polar surface area (TPSA) is 58.6 Å². The van der Waals surface area contributed by atoms with Gasteiger partial charge in [0.1, 0.15) is 0 Å². The number of amides is 1. The molecule has 0 aromatic heterocycles. The number of carbonyl (C=O) groups excluding carboxylic acids is 2. The first kappa shape index (κ1) is 25.3. The van der Waals surface area contributed by atoms with Gasteiger partial charge in [0.25, 0.3) is 5.91 Å². The quantitative estimate of drug-likeness (QED) is 0.401. The second-order valence-corrected chi connectivity index (χ2v) is 8.83. The molecule has 0 bridgehead atoms. The number of methoxy groups -OCH3 is 1. The van der Waals surface area contributed by atoms with E-state index in [0.29, 0.717) is 34.7 Å². The van der Waals surface area contributed by atoms with Crippen LogP contribution in [0.4, 0.5) is 24.5 Å². The molecule has 3 aromatic rings. The zero-order valence-electron chi connectivity index (χ0n) is 19.8. The summed E-state index contributed by atoms with van der Waals surface area (Å²) in [4.78, 5) is 26.8. The summed E-state index contributed by atoms with van der Waals surface area (Å²) in [6.07, 6.45) is -2.15. The number of benzene rings is 3. The van der Waals surface area contributed by atoms with E-state index in [9.17, 15) is 22.8 Å². The van der Waals surface area contributed by atoms with Crippen molar-refractivity contribution in [2.45, 2.75) is 25.4 Å². The number of halogens is 3. The lowest BCUT2D eigenvalue weighted by Gasteiger charge is -2.33. The summed E-state index contributed by atoms with van der Waals surface area (Å²) in [5.74, 6) is -0.188. The molecule has 0 atom stereocenters. The summed E-state index contributed by atoms with van der Waals surface area (Å²) in [5, 5.41) is 2.88. The standard InChI is InChI=1S/C28H27F3N2O3/c1-36-26(34)18-19-14-16-33(17-15-19)23-12-10-22(11-13-23)32-27(35)25-5-3-2-4-24(25)20-6-8-21(9-7-20)28(29,30)31/h2-13,19H,14-18H2,1H3,(H,32,35). The molecule has 0 spiro atoms. The number of alkyl halides is 3. The fourth-order valence-electron chi connectivity index (χ4n) is 4.44. The molecular formula is C28H27F3N2O3. The highest BCUT2D eigenvalue weighted by Crippen LogP contribution is 2.32. The van der Waals surface area contributed by atoms with E-state index in [2.05, 4.69) is 10.2 Å². The van der Waals surface area contributed by atoms with E-state index in [1.54, 1.807) is 24.3 Å². The van der Waals surface area contributed by atoms with Crippen molar-refractivity contribution in [3.05, 3.63) is 83.9 Å². The van der Waals surface area contributed by atoms with Crippen molar-refractivity contribution in [1.82, 2.24) is 0 Å². The van der Waals surface area contributed by atoms with Crippen LogP contribution >= 0.6 is 0 Å². The highest BCUT2D eigenvalue weighted by Gasteiger charge is 2.30. The van der Waals surface area contributed by atoms with E-state index in [4.69, 9.17) is 4.74 Å². The monoisotopic (exact) mass is 496 g/mol. The number of anilines is 2. The van der Waals surface area contributed by atoms with Crippen LogP contribution in [-0.2, 0) is 15.7 Å². The zero-order chi connectivity index (χ0) is 25.7. The van der Waals surface area contributed by atoms with Crippen LogP contribution in [0.15, 0.2) is 72.8 Å². The Morgan fingerprint density at radius 3 is 2.19 bits per heavy atom. The Bertz CT molecular complexity index is 1200. The third-order valence-electron chi connectivity index (χ3n) is 6.48. The first-order chi connectivity index (χ1) is 17.2. The van der Waals surface area contributed by atoms with Crippen molar-refractivity contribution in [2.75, 3.05) is 30.4 Å². The molecule has 1 amide bonds. The van der Waals surface area contributed by atoms with Gasteiger partial charge in [0.15, 0.2) is 0 Å². The number of nitrogens with zero attached hydrogens (tertiary/aromatic N) is 1. The van der Waals surface area contributed by atoms with Gasteiger partial charge in [0.2, 0.25) is 0 Å². The minimum absolute atomic E-state index is 0.173. The van der Waals surface area contributed by atoms with E-state index in [-0.39, 0.29) is 11.9 Å².